The van der Waals surface area contributed by atoms with Gasteiger partial charge >= 0.3 is 0 Å². The molecule has 0 radical (unpaired) electrons. The minimum absolute atomic E-state index is 0.00253. The van der Waals surface area contributed by atoms with Crippen molar-refractivity contribution in [1.82, 2.24) is 4.90 Å². The molecule has 32 heavy (non-hydrogen) atoms. The Bertz CT molecular complexity index is 983. The van der Waals surface area contributed by atoms with Gasteiger partial charge in [0.05, 0.1) is 12.7 Å². The van der Waals surface area contributed by atoms with Crippen LogP contribution in [0.1, 0.15) is 64.5 Å². The van der Waals surface area contributed by atoms with Gasteiger partial charge in [0, 0.05) is 35.5 Å². The molecule has 4 fully saturated rings. The van der Waals surface area contributed by atoms with Crippen LogP contribution >= 0.6 is 0 Å². The summed E-state index contributed by atoms with van der Waals surface area (Å²) in [5.41, 5.74) is 1.17. The Morgan fingerprint density at radius 3 is 2.53 bits per heavy atom. The number of piperidine rings is 1. The molecule has 2 heterocycles. The summed E-state index contributed by atoms with van der Waals surface area (Å²) in [6, 6.07) is 4.82. The molecule has 2 spiro atoms. The molecule has 7 atom stereocenters. The lowest BCUT2D eigenvalue weighted by molar-refractivity contribution is -0.311. The van der Waals surface area contributed by atoms with Crippen molar-refractivity contribution in [1.29, 1.82) is 0 Å². The van der Waals surface area contributed by atoms with Crippen LogP contribution in [-0.4, -0.2) is 61.2 Å². The van der Waals surface area contributed by atoms with E-state index < -0.39 is 11.2 Å². The van der Waals surface area contributed by atoms with E-state index in [1.165, 1.54) is 11.1 Å². The topological polar surface area (TPSA) is 51.2 Å². The number of ether oxygens (including phenoxy) is 3. The number of hydrogen-bond acceptors (Lipinski definition) is 5. The average molecular weight is 442 g/mol. The second-order valence-electron chi connectivity index (χ2n) is 12.5. The number of rotatable bonds is 3. The molecule has 3 saturated carbocycles. The molecular weight excluding hydrogens is 402 g/mol. The summed E-state index contributed by atoms with van der Waals surface area (Å²) in [4.78, 5) is 2.60. The van der Waals surface area contributed by atoms with E-state index in [1.807, 2.05) is 14.0 Å². The van der Waals surface area contributed by atoms with E-state index in [2.05, 4.69) is 44.9 Å². The number of hydrogen-bond donors (Lipinski definition) is 1. The van der Waals surface area contributed by atoms with Gasteiger partial charge < -0.3 is 24.2 Å². The van der Waals surface area contributed by atoms with Crippen LogP contribution in [0.15, 0.2) is 12.1 Å². The monoisotopic (exact) mass is 441 g/mol. The summed E-state index contributed by atoms with van der Waals surface area (Å²) in [7, 11) is 5.89. The Morgan fingerprint density at radius 2 is 1.88 bits per heavy atom. The molecule has 4 bridgehead atoms. The Morgan fingerprint density at radius 1 is 1.12 bits per heavy atom. The number of likely N-dealkylation sites (N-methyl/N-ethyl adjacent to an activating group) is 1. The van der Waals surface area contributed by atoms with E-state index in [4.69, 9.17) is 14.2 Å². The number of likely N-dealkylation sites (tertiary alicyclic amines) is 1. The van der Waals surface area contributed by atoms with Crippen LogP contribution in [0.25, 0.3) is 0 Å². The Kier molecular flexibility index (Phi) is 4.00. The number of aliphatic hydroxyl groups is 1. The zero-order valence-corrected chi connectivity index (χ0v) is 20.7. The maximum absolute atomic E-state index is 12.1. The lowest BCUT2D eigenvalue weighted by Crippen LogP contribution is -2.83. The largest absolute Gasteiger partial charge is 0.493 e. The fourth-order valence-corrected chi connectivity index (χ4v) is 9.01. The summed E-state index contributed by atoms with van der Waals surface area (Å²) in [6.07, 6.45) is 5.07. The standard InChI is InChI=1S/C27H39NO4/c1-23(2,3)24(4,29)18-15-25-10-11-27(18,31-7)22-26(25)12-13-28(5)19(25)14-16-8-9-17(30-6)21(32-22)20(16)26/h8-9,18-19,22,29H,10-15H2,1-7H3/t18-,19-,22-,24+,25?,26+,27?/m1/s1. The van der Waals surface area contributed by atoms with Gasteiger partial charge in [0.1, 0.15) is 11.7 Å². The van der Waals surface area contributed by atoms with E-state index in [-0.39, 0.29) is 28.3 Å². The SMILES string of the molecule is COc1ccc2c3c1O[C@H]1C4(OC)CCC5(C[C@@H]4[C@](C)(O)C(C)(C)C)[C@@H](C2)N(C)CC[C@]315. The molecule has 1 N–H and O–H groups in total. The van der Waals surface area contributed by atoms with Crippen molar-refractivity contribution in [3.8, 4) is 11.5 Å². The van der Waals surface area contributed by atoms with Crippen molar-refractivity contribution in [2.75, 3.05) is 27.8 Å². The molecular formula is C27H39NO4. The molecule has 0 aromatic heterocycles. The van der Waals surface area contributed by atoms with Crippen molar-refractivity contribution >= 4 is 0 Å². The molecule has 1 saturated heterocycles. The third-order valence-electron chi connectivity index (χ3n) is 11.0. The molecule has 5 heteroatoms. The smallest absolute Gasteiger partial charge is 0.165 e. The second kappa shape index (κ2) is 6.03. The highest BCUT2D eigenvalue weighted by atomic mass is 16.6. The van der Waals surface area contributed by atoms with Crippen LogP contribution < -0.4 is 9.47 Å². The Hall–Kier alpha value is -1.30. The highest BCUT2D eigenvalue weighted by Crippen LogP contribution is 2.77. The fraction of sp³-hybridized carbons (Fsp3) is 0.778. The summed E-state index contributed by atoms with van der Waals surface area (Å²) < 4.78 is 19.4. The second-order valence-corrected chi connectivity index (χ2v) is 12.5. The number of benzene rings is 1. The third-order valence-corrected chi connectivity index (χ3v) is 11.0. The van der Waals surface area contributed by atoms with Gasteiger partial charge in [-0.25, -0.2) is 0 Å². The normalized spacial score (nSPS) is 43.4. The van der Waals surface area contributed by atoms with Crippen LogP contribution in [0.3, 0.4) is 0 Å². The highest BCUT2D eigenvalue weighted by Gasteiger charge is 2.82. The quantitative estimate of drug-likeness (QED) is 0.770. The van der Waals surface area contributed by atoms with Crippen LogP contribution in [0.2, 0.25) is 0 Å². The van der Waals surface area contributed by atoms with Gasteiger partial charge in [-0.05, 0) is 69.7 Å². The van der Waals surface area contributed by atoms with Crippen molar-refractivity contribution in [3.63, 3.8) is 0 Å². The lowest BCUT2D eigenvalue weighted by Gasteiger charge is -2.75. The third kappa shape index (κ3) is 2.01. The average Bonchev–Trinajstić information content (AvgIpc) is 3.12. The summed E-state index contributed by atoms with van der Waals surface area (Å²) in [6.45, 7) is 9.59. The maximum Gasteiger partial charge on any atom is 0.165 e. The molecule has 0 amide bonds. The molecule has 6 aliphatic rings. The zero-order valence-electron chi connectivity index (χ0n) is 20.7. The predicted octanol–water partition coefficient (Wildman–Crippen LogP) is 3.94. The van der Waals surface area contributed by atoms with E-state index >= 15 is 0 Å². The summed E-state index contributed by atoms with van der Waals surface area (Å²) in [5, 5.41) is 12.1. The lowest BCUT2D eigenvalue weighted by atomic mass is 9.33. The van der Waals surface area contributed by atoms with Gasteiger partial charge in [0.25, 0.3) is 0 Å². The molecule has 1 aromatic carbocycles. The Labute approximate surface area is 192 Å². The maximum atomic E-state index is 12.1. The van der Waals surface area contributed by atoms with Gasteiger partial charge in [-0.2, -0.15) is 0 Å². The van der Waals surface area contributed by atoms with Crippen molar-refractivity contribution in [2.24, 2.45) is 16.7 Å². The first-order valence-corrected chi connectivity index (χ1v) is 12.3. The van der Waals surface area contributed by atoms with E-state index in [0.717, 1.165) is 50.1 Å². The van der Waals surface area contributed by atoms with E-state index in [9.17, 15) is 5.11 Å². The van der Waals surface area contributed by atoms with Crippen LogP contribution in [0.5, 0.6) is 11.5 Å². The van der Waals surface area contributed by atoms with Gasteiger partial charge in [0.15, 0.2) is 11.5 Å². The molecule has 4 aliphatic carbocycles. The van der Waals surface area contributed by atoms with Crippen molar-refractivity contribution < 1.29 is 19.3 Å². The minimum Gasteiger partial charge on any atom is -0.493 e. The first kappa shape index (κ1) is 21.2. The highest BCUT2D eigenvalue weighted by molar-refractivity contribution is 5.63. The van der Waals surface area contributed by atoms with E-state index in [0.29, 0.717) is 6.04 Å². The summed E-state index contributed by atoms with van der Waals surface area (Å²) in [5.74, 6) is 1.79. The van der Waals surface area contributed by atoms with Crippen molar-refractivity contribution in [2.45, 2.75) is 88.6 Å². The Balaban J connectivity index is 1.65. The molecule has 176 valence electrons. The van der Waals surface area contributed by atoms with Crippen molar-refractivity contribution in [3.05, 3.63) is 23.3 Å². The van der Waals surface area contributed by atoms with Gasteiger partial charge in [-0.1, -0.05) is 26.8 Å². The molecule has 1 aromatic rings. The van der Waals surface area contributed by atoms with E-state index in [1.54, 1.807) is 7.11 Å². The van der Waals surface area contributed by atoms with Crippen LogP contribution in [0, 0.1) is 16.7 Å². The predicted molar refractivity (Wildman–Crippen MR) is 123 cm³/mol. The number of methoxy groups -OCH3 is 2. The first-order valence-electron chi connectivity index (χ1n) is 12.3. The van der Waals surface area contributed by atoms with Gasteiger partial charge in [-0.15, -0.1) is 0 Å². The molecule has 2 unspecified atom stereocenters. The minimum atomic E-state index is -0.882. The molecule has 7 rings (SSSR count). The molecule has 2 aliphatic heterocycles. The van der Waals surface area contributed by atoms with Gasteiger partial charge in [0.2, 0.25) is 0 Å². The van der Waals surface area contributed by atoms with Crippen LogP contribution in [-0.2, 0) is 16.6 Å². The van der Waals surface area contributed by atoms with Gasteiger partial charge in [-0.3, -0.25) is 0 Å². The molecule has 5 nitrogen and oxygen atoms in total. The van der Waals surface area contributed by atoms with Crippen LogP contribution in [0.4, 0.5) is 0 Å². The first-order chi connectivity index (χ1) is 15.0. The zero-order chi connectivity index (χ0) is 22.9. The summed E-state index contributed by atoms with van der Waals surface area (Å²) >= 11 is 0. The fourth-order valence-electron chi connectivity index (χ4n) is 9.01. The number of fused-ring (bicyclic) bond motifs is 2. The number of nitrogens with zero attached hydrogens (tertiary/aromatic N) is 1.